The van der Waals surface area contributed by atoms with E-state index in [4.69, 9.17) is 5.73 Å². The van der Waals surface area contributed by atoms with Gasteiger partial charge in [-0.05, 0) is 31.4 Å². The summed E-state index contributed by atoms with van der Waals surface area (Å²) >= 11 is 1.48. The lowest BCUT2D eigenvalue weighted by atomic mass is 9.70. The van der Waals surface area contributed by atoms with Gasteiger partial charge < -0.3 is 10.6 Å². The van der Waals surface area contributed by atoms with Crippen LogP contribution in [0.15, 0.2) is 48.0 Å². The molecule has 2 N–H and O–H groups in total. The van der Waals surface area contributed by atoms with Crippen LogP contribution in [0.3, 0.4) is 0 Å². The first-order valence-electron chi connectivity index (χ1n) is 9.62. The zero-order valence-electron chi connectivity index (χ0n) is 16.0. The molecule has 6 nitrogen and oxygen atoms in total. The number of piperidine rings is 1. The van der Waals surface area contributed by atoms with Crippen LogP contribution < -0.4 is 5.73 Å². The van der Waals surface area contributed by atoms with Crippen molar-refractivity contribution >= 4 is 22.4 Å². The second-order valence-electron chi connectivity index (χ2n) is 7.37. The number of amides is 1. The van der Waals surface area contributed by atoms with Crippen LogP contribution in [0.5, 0.6) is 0 Å². The van der Waals surface area contributed by atoms with Crippen LogP contribution in [-0.4, -0.2) is 38.7 Å². The summed E-state index contributed by atoms with van der Waals surface area (Å²) in [7, 11) is 0. The molecule has 7 heteroatoms. The van der Waals surface area contributed by atoms with Gasteiger partial charge in [0.05, 0.1) is 11.4 Å². The van der Waals surface area contributed by atoms with Crippen molar-refractivity contribution in [2.45, 2.75) is 38.1 Å². The van der Waals surface area contributed by atoms with Gasteiger partial charge in [-0.1, -0.05) is 30.3 Å². The maximum absolute atomic E-state index is 12.7. The number of hydrogen-bond acceptors (Lipinski definition) is 5. The first-order valence-corrected chi connectivity index (χ1v) is 10.5. The fourth-order valence-corrected chi connectivity index (χ4v) is 4.71. The monoisotopic (exact) mass is 395 g/mol. The number of benzene rings is 1. The lowest BCUT2D eigenvalue weighted by molar-refractivity contribution is -0.132. The Morgan fingerprint density at radius 3 is 2.57 bits per heavy atom. The molecule has 0 atom stereocenters. The lowest BCUT2D eigenvalue weighted by Crippen LogP contribution is -2.46. The van der Waals surface area contributed by atoms with Gasteiger partial charge in [0.2, 0.25) is 5.91 Å². The van der Waals surface area contributed by atoms with Gasteiger partial charge in [-0.3, -0.25) is 9.48 Å². The van der Waals surface area contributed by atoms with Gasteiger partial charge in [0, 0.05) is 43.0 Å². The first kappa shape index (κ1) is 18.7. The Kier molecular flexibility index (Phi) is 5.17. The van der Waals surface area contributed by atoms with Crippen LogP contribution in [0.25, 0.3) is 0 Å². The topological polar surface area (TPSA) is 77.0 Å². The molecule has 0 saturated carbocycles. The molecule has 28 heavy (non-hydrogen) atoms. The number of aromatic nitrogens is 3. The minimum atomic E-state index is -0.175. The normalized spacial score (nSPS) is 16.2. The van der Waals surface area contributed by atoms with Gasteiger partial charge in [-0.25, -0.2) is 4.98 Å². The number of nitrogens with zero attached hydrogens (tertiary/aromatic N) is 4. The quantitative estimate of drug-likeness (QED) is 0.719. The number of anilines is 1. The van der Waals surface area contributed by atoms with Crippen molar-refractivity contribution in [1.82, 2.24) is 19.7 Å². The zero-order valence-corrected chi connectivity index (χ0v) is 16.9. The lowest BCUT2D eigenvalue weighted by Gasteiger charge is -2.41. The molecule has 4 rings (SSSR count). The standard InChI is InChI=1S/C21H25N5OS/c1-16-7-11-26(24-16)12-8-19(27)25-13-9-21(10-14-25,17-5-3-2-4-6-17)18-15-28-20(22)23-18/h2-7,11,15H,8-10,12-14H2,1H3,(H2,22,23). The highest BCUT2D eigenvalue weighted by Gasteiger charge is 2.40. The third kappa shape index (κ3) is 3.67. The van der Waals surface area contributed by atoms with Crippen LogP contribution in [0, 0.1) is 6.92 Å². The molecule has 1 saturated heterocycles. The summed E-state index contributed by atoms with van der Waals surface area (Å²) in [5.41, 5.74) is 9.00. The second kappa shape index (κ2) is 7.75. The summed E-state index contributed by atoms with van der Waals surface area (Å²) < 4.78 is 1.84. The molecule has 0 spiro atoms. The molecule has 3 heterocycles. The Morgan fingerprint density at radius 1 is 1.21 bits per heavy atom. The number of carbonyl (C=O) groups excluding carboxylic acids is 1. The van der Waals surface area contributed by atoms with Crippen LogP contribution in [0.2, 0.25) is 0 Å². The SMILES string of the molecule is Cc1ccn(CCC(=O)N2CCC(c3ccccc3)(c3csc(N)n3)CC2)n1. The van der Waals surface area contributed by atoms with E-state index in [0.29, 0.717) is 18.1 Å². The van der Waals surface area contributed by atoms with Crippen molar-refractivity contribution < 1.29 is 4.79 Å². The van der Waals surface area contributed by atoms with E-state index in [-0.39, 0.29) is 11.3 Å². The summed E-state index contributed by atoms with van der Waals surface area (Å²) in [6, 6.07) is 12.4. The summed E-state index contributed by atoms with van der Waals surface area (Å²) in [5.74, 6) is 0.188. The number of nitrogen functional groups attached to an aromatic ring is 1. The Morgan fingerprint density at radius 2 is 1.96 bits per heavy atom. The van der Waals surface area contributed by atoms with E-state index >= 15 is 0 Å². The van der Waals surface area contributed by atoms with Gasteiger partial charge in [0.15, 0.2) is 5.13 Å². The molecule has 2 aromatic heterocycles. The van der Waals surface area contributed by atoms with Crippen LogP contribution >= 0.6 is 11.3 Å². The average molecular weight is 396 g/mol. The van der Waals surface area contributed by atoms with Gasteiger partial charge >= 0.3 is 0 Å². The van der Waals surface area contributed by atoms with Crippen molar-refractivity contribution in [2.75, 3.05) is 18.8 Å². The van der Waals surface area contributed by atoms with Crippen LogP contribution in [0.1, 0.15) is 36.2 Å². The number of hydrogen-bond donors (Lipinski definition) is 1. The van der Waals surface area contributed by atoms with Gasteiger partial charge in [-0.2, -0.15) is 5.10 Å². The fraction of sp³-hybridized carbons (Fsp3) is 0.381. The number of thiazole rings is 1. The molecule has 1 fully saturated rings. The third-order valence-electron chi connectivity index (χ3n) is 5.64. The van der Waals surface area contributed by atoms with Crippen LogP contribution in [0.4, 0.5) is 5.13 Å². The minimum Gasteiger partial charge on any atom is -0.375 e. The maximum Gasteiger partial charge on any atom is 0.224 e. The molecule has 0 radical (unpaired) electrons. The highest BCUT2D eigenvalue weighted by Crippen LogP contribution is 2.42. The van der Waals surface area contributed by atoms with Gasteiger partial charge in [0.25, 0.3) is 0 Å². The van der Waals surface area contributed by atoms with Gasteiger partial charge in [0.1, 0.15) is 0 Å². The number of aryl methyl sites for hydroxylation is 2. The highest BCUT2D eigenvalue weighted by atomic mass is 32.1. The molecule has 3 aromatic rings. The molecule has 1 aromatic carbocycles. The molecule has 0 aliphatic carbocycles. The predicted octanol–water partition coefficient (Wildman–Crippen LogP) is 3.23. The van der Waals surface area contributed by atoms with Crippen molar-refractivity contribution in [2.24, 2.45) is 0 Å². The molecule has 146 valence electrons. The molecule has 1 aliphatic rings. The first-order chi connectivity index (χ1) is 13.6. The number of likely N-dealkylation sites (tertiary alicyclic amines) is 1. The van der Waals surface area contributed by atoms with E-state index in [2.05, 4.69) is 39.7 Å². The van der Waals surface area contributed by atoms with E-state index in [0.717, 1.165) is 37.3 Å². The minimum absolute atomic E-state index is 0.175. The second-order valence-corrected chi connectivity index (χ2v) is 8.26. The van der Waals surface area contributed by atoms with Crippen molar-refractivity contribution in [3.63, 3.8) is 0 Å². The molecule has 0 bridgehead atoms. The van der Waals surface area contributed by atoms with E-state index < -0.39 is 0 Å². The fourth-order valence-electron chi connectivity index (χ4n) is 4.05. The summed E-state index contributed by atoms with van der Waals surface area (Å²) in [5, 5.41) is 7.02. The largest absolute Gasteiger partial charge is 0.375 e. The Hall–Kier alpha value is -2.67. The molecular formula is C21H25N5OS. The summed E-state index contributed by atoms with van der Waals surface area (Å²) in [6.07, 6.45) is 4.11. The zero-order chi connectivity index (χ0) is 19.6. The smallest absolute Gasteiger partial charge is 0.224 e. The van der Waals surface area contributed by atoms with Crippen molar-refractivity contribution in [3.05, 3.63) is 64.9 Å². The third-order valence-corrected chi connectivity index (χ3v) is 6.31. The molecule has 1 amide bonds. The Balaban J connectivity index is 1.47. The van der Waals surface area contributed by atoms with E-state index in [1.807, 2.05) is 34.8 Å². The highest BCUT2D eigenvalue weighted by molar-refractivity contribution is 7.13. The summed E-state index contributed by atoms with van der Waals surface area (Å²) in [4.78, 5) is 19.3. The summed E-state index contributed by atoms with van der Waals surface area (Å²) in [6.45, 7) is 4.03. The average Bonchev–Trinajstić information content (AvgIpc) is 3.35. The molecule has 0 unspecified atom stereocenters. The number of rotatable bonds is 5. The maximum atomic E-state index is 12.7. The molecular weight excluding hydrogens is 370 g/mol. The van der Waals surface area contributed by atoms with E-state index in [1.54, 1.807) is 0 Å². The number of nitrogens with two attached hydrogens (primary N) is 1. The molecule has 1 aliphatic heterocycles. The Labute approximate surface area is 169 Å². The van der Waals surface area contributed by atoms with Crippen molar-refractivity contribution in [1.29, 1.82) is 0 Å². The Bertz CT molecular complexity index is 941. The van der Waals surface area contributed by atoms with Gasteiger partial charge in [-0.15, -0.1) is 11.3 Å². The van der Waals surface area contributed by atoms with Crippen LogP contribution in [-0.2, 0) is 16.8 Å². The number of carbonyl (C=O) groups is 1. The van der Waals surface area contributed by atoms with Crippen molar-refractivity contribution in [3.8, 4) is 0 Å². The van der Waals surface area contributed by atoms with E-state index in [9.17, 15) is 4.79 Å². The predicted molar refractivity (Wildman–Crippen MR) is 111 cm³/mol. The van der Waals surface area contributed by atoms with E-state index in [1.165, 1.54) is 16.9 Å².